The number of guanidine groups is 1. The van der Waals surface area contributed by atoms with Gasteiger partial charge in [0.1, 0.15) is 6.54 Å². The zero-order valence-electron chi connectivity index (χ0n) is 16.9. The second-order valence-electron chi connectivity index (χ2n) is 7.35. The summed E-state index contributed by atoms with van der Waals surface area (Å²) in [6.45, 7) is 8.83. The highest BCUT2D eigenvalue weighted by Crippen LogP contribution is 2.20. The Morgan fingerprint density at radius 3 is 2.75 bits per heavy atom. The van der Waals surface area contributed by atoms with Crippen molar-refractivity contribution in [3.63, 3.8) is 0 Å². The number of aromatic nitrogens is 2. The molecule has 0 radical (unpaired) electrons. The Morgan fingerprint density at radius 1 is 1.36 bits per heavy atom. The van der Waals surface area contributed by atoms with Gasteiger partial charge in [0.15, 0.2) is 5.96 Å². The molecule has 0 aliphatic heterocycles. The topological polar surface area (TPSA) is 95.7 Å². The molecule has 1 aromatic heterocycles. The van der Waals surface area contributed by atoms with Crippen molar-refractivity contribution in [2.45, 2.75) is 39.8 Å². The molecular weight excluding hydrogens is 380 g/mol. The second kappa shape index (κ2) is 9.54. The number of halogens is 1. The largest absolute Gasteiger partial charge is 0.356 e. The maximum Gasteiger partial charge on any atom is 0.248 e. The minimum atomic E-state index is -0.284. The van der Waals surface area contributed by atoms with Crippen molar-refractivity contribution in [1.82, 2.24) is 25.7 Å². The summed E-state index contributed by atoms with van der Waals surface area (Å²) in [5.74, 6) is 1.32. The first kappa shape index (κ1) is 21.7. The van der Waals surface area contributed by atoms with Crippen molar-refractivity contribution in [2.24, 2.45) is 4.99 Å². The fraction of sp³-hybridized carbons (Fsp3) is 0.474. The normalized spacial score (nSPS) is 12.0. The van der Waals surface area contributed by atoms with Crippen LogP contribution in [0.25, 0.3) is 11.4 Å². The van der Waals surface area contributed by atoms with Gasteiger partial charge in [-0.05, 0) is 39.8 Å². The van der Waals surface area contributed by atoms with Gasteiger partial charge in [-0.15, -0.1) is 0 Å². The van der Waals surface area contributed by atoms with Crippen LogP contribution in [0.5, 0.6) is 0 Å². The summed E-state index contributed by atoms with van der Waals surface area (Å²) in [6, 6.07) is 7.23. The highest BCUT2D eigenvalue weighted by Gasteiger charge is 2.17. The fourth-order valence-electron chi connectivity index (χ4n) is 2.42. The summed E-state index contributed by atoms with van der Waals surface area (Å²) in [5.41, 5.74) is 0.489. The quantitative estimate of drug-likeness (QED) is 0.565. The van der Waals surface area contributed by atoms with E-state index in [1.165, 1.54) is 0 Å². The van der Waals surface area contributed by atoms with Crippen LogP contribution in [0, 0.1) is 0 Å². The first-order valence-electron chi connectivity index (χ1n) is 9.07. The molecule has 8 nitrogen and oxygen atoms in total. The van der Waals surface area contributed by atoms with E-state index in [1.54, 1.807) is 24.1 Å². The molecule has 2 aromatic rings. The first-order valence-corrected chi connectivity index (χ1v) is 9.44. The summed E-state index contributed by atoms with van der Waals surface area (Å²) in [5, 5.41) is 10.7. The third-order valence-corrected chi connectivity index (χ3v) is 3.74. The Hall–Kier alpha value is -2.61. The lowest BCUT2D eigenvalue weighted by atomic mass is 10.1. The molecule has 2 N–H and O–H groups in total. The monoisotopic (exact) mass is 406 g/mol. The second-order valence-corrected chi connectivity index (χ2v) is 7.78. The van der Waals surface area contributed by atoms with Gasteiger partial charge in [-0.2, -0.15) is 4.98 Å². The number of hydrogen-bond acceptors (Lipinski definition) is 5. The molecule has 0 bridgehead atoms. The predicted molar refractivity (Wildman–Crippen MR) is 110 cm³/mol. The first-order chi connectivity index (χ1) is 13.2. The van der Waals surface area contributed by atoms with E-state index in [9.17, 15) is 4.79 Å². The summed E-state index contributed by atoms with van der Waals surface area (Å²) < 4.78 is 5.28. The number of carbonyl (C=O) groups excluding carboxylic acids is 1. The van der Waals surface area contributed by atoms with Gasteiger partial charge in [0, 0.05) is 29.7 Å². The third-order valence-electron chi connectivity index (χ3n) is 3.51. The number of amides is 1. The van der Waals surface area contributed by atoms with Crippen molar-refractivity contribution in [1.29, 1.82) is 0 Å². The lowest BCUT2D eigenvalue weighted by Gasteiger charge is -2.25. The molecule has 152 valence electrons. The van der Waals surface area contributed by atoms with E-state index in [0.29, 0.717) is 29.2 Å². The van der Waals surface area contributed by atoms with Gasteiger partial charge in [-0.1, -0.05) is 28.9 Å². The molecule has 0 spiro atoms. The molecule has 0 unspecified atom stereocenters. The van der Waals surface area contributed by atoms with E-state index in [-0.39, 0.29) is 24.5 Å². The molecular formula is C19H27ClN6O2. The number of carbonyl (C=O) groups is 1. The average Bonchev–Trinajstić information content (AvgIpc) is 3.05. The lowest BCUT2D eigenvalue weighted by Crippen LogP contribution is -2.48. The van der Waals surface area contributed by atoms with Crippen LogP contribution in [0.3, 0.4) is 0 Å². The van der Waals surface area contributed by atoms with Crippen LogP contribution in [-0.2, 0) is 11.3 Å². The van der Waals surface area contributed by atoms with Crippen LogP contribution in [0.4, 0.5) is 0 Å². The fourth-order valence-corrected chi connectivity index (χ4v) is 2.61. The van der Waals surface area contributed by atoms with Gasteiger partial charge in [0.2, 0.25) is 17.6 Å². The summed E-state index contributed by atoms with van der Waals surface area (Å²) in [7, 11) is 1.80. The molecule has 0 aliphatic rings. The Kier molecular flexibility index (Phi) is 7.39. The maximum absolute atomic E-state index is 12.2. The van der Waals surface area contributed by atoms with E-state index in [4.69, 9.17) is 16.1 Å². The molecule has 2 rings (SSSR count). The standard InChI is InChI=1S/C19H27ClN6O2/c1-6-21-18(26(5)12-15(27)24-19(2,3)4)22-11-16-23-17(25-28-16)13-8-7-9-14(20)10-13/h7-10H,6,11-12H2,1-5H3,(H,21,22)(H,24,27). The molecule has 0 fully saturated rings. The minimum Gasteiger partial charge on any atom is -0.356 e. The van der Waals surface area contributed by atoms with Crippen LogP contribution < -0.4 is 10.6 Å². The lowest BCUT2D eigenvalue weighted by molar-refractivity contribution is -0.122. The summed E-state index contributed by atoms with van der Waals surface area (Å²) in [4.78, 5) is 22.7. The molecule has 28 heavy (non-hydrogen) atoms. The van der Waals surface area contributed by atoms with Crippen LogP contribution in [0.15, 0.2) is 33.8 Å². The van der Waals surface area contributed by atoms with Crippen molar-refractivity contribution in [3.05, 3.63) is 35.2 Å². The smallest absolute Gasteiger partial charge is 0.248 e. The number of nitrogens with one attached hydrogen (secondary N) is 2. The predicted octanol–water partition coefficient (Wildman–Crippen LogP) is 2.70. The summed E-state index contributed by atoms with van der Waals surface area (Å²) >= 11 is 6.00. The molecule has 0 saturated heterocycles. The maximum atomic E-state index is 12.2. The molecule has 1 amide bonds. The zero-order chi connectivity index (χ0) is 20.7. The molecule has 0 atom stereocenters. The molecule has 0 aliphatic carbocycles. The molecule has 0 saturated carbocycles. The Bertz CT molecular complexity index is 828. The zero-order valence-corrected chi connectivity index (χ0v) is 17.7. The average molecular weight is 407 g/mol. The van der Waals surface area contributed by atoms with Gasteiger partial charge >= 0.3 is 0 Å². The number of hydrogen-bond donors (Lipinski definition) is 2. The van der Waals surface area contributed by atoms with E-state index >= 15 is 0 Å². The van der Waals surface area contributed by atoms with Crippen LogP contribution >= 0.6 is 11.6 Å². The number of likely N-dealkylation sites (N-methyl/N-ethyl adjacent to an activating group) is 1. The Labute approximate surface area is 170 Å². The van der Waals surface area contributed by atoms with E-state index in [0.717, 1.165) is 5.56 Å². The van der Waals surface area contributed by atoms with E-state index in [2.05, 4.69) is 25.8 Å². The highest BCUT2D eigenvalue weighted by atomic mass is 35.5. The van der Waals surface area contributed by atoms with E-state index in [1.807, 2.05) is 39.8 Å². The van der Waals surface area contributed by atoms with Gasteiger partial charge in [-0.25, -0.2) is 4.99 Å². The number of nitrogens with zero attached hydrogens (tertiary/aromatic N) is 4. The number of aliphatic imine (C=N–C) groups is 1. The van der Waals surface area contributed by atoms with Crippen molar-refractivity contribution >= 4 is 23.5 Å². The molecule has 1 aromatic carbocycles. The molecule has 9 heteroatoms. The summed E-state index contributed by atoms with van der Waals surface area (Å²) in [6.07, 6.45) is 0. The van der Waals surface area contributed by atoms with Gasteiger partial charge in [-0.3, -0.25) is 4.79 Å². The van der Waals surface area contributed by atoms with Crippen molar-refractivity contribution in [3.8, 4) is 11.4 Å². The van der Waals surface area contributed by atoms with Gasteiger partial charge in [0.25, 0.3) is 0 Å². The minimum absolute atomic E-state index is 0.0818. The SMILES string of the molecule is CCNC(=NCc1nc(-c2cccc(Cl)c2)no1)N(C)CC(=O)NC(C)(C)C. The number of rotatable bonds is 6. The van der Waals surface area contributed by atoms with Crippen molar-refractivity contribution < 1.29 is 9.32 Å². The van der Waals surface area contributed by atoms with Crippen molar-refractivity contribution in [2.75, 3.05) is 20.1 Å². The Morgan fingerprint density at radius 2 is 2.11 bits per heavy atom. The van der Waals surface area contributed by atoms with E-state index < -0.39 is 0 Å². The van der Waals surface area contributed by atoms with Gasteiger partial charge < -0.3 is 20.1 Å². The van der Waals surface area contributed by atoms with Crippen LogP contribution in [0.2, 0.25) is 5.02 Å². The van der Waals surface area contributed by atoms with Gasteiger partial charge in [0.05, 0.1) is 6.54 Å². The molecule has 1 heterocycles. The van der Waals surface area contributed by atoms with Crippen LogP contribution in [0.1, 0.15) is 33.6 Å². The number of benzene rings is 1. The Balaban J connectivity index is 2.05. The van der Waals surface area contributed by atoms with Crippen LogP contribution in [-0.4, -0.2) is 52.6 Å². The highest BCUT2D eigenvalue weighted by molar-refractivity contribution is 6.30. The third kappa shape index (κ3) is 6.84.